The van der Waals surface area contributed by atoms with Crippen LogP contribution >= 0.6 is 11.6 Å². The first-order valence-corrected chi connectivity index (χ1v) is 21.6. The molecule has 1 aromatic carbocycles. The molecule has 1 rings (SSSR count). The predicted octanol–water partition coefficient (Wildman–Crippen LogP) is 16.0. The molecular weight excluding hydrogens is 608 g/mol. The van der Waals surface area contributed by atoms with E-state index in [1.54, 1.807) is 0 Å². The summed E-state index contributed by atoms with van der Waals surface area (Å²) in [6.45, 7) is 8.42. The van der Waals surface area contributed by atoms with Crippen LogP contribution in [0.1, 0.15) is 259 Å². The molecule has 0 amide bonds. The van der Waals surface area contributed by atoms with E-state index in [-0.39, 0.29) is 11.6 Å². The molecule has 3 heteroatoms. The fourth-order valence-electron chi connectivity index (χ4n) is 7.15. The van der Waals surface area contributed by atoms with Gasteiger partial charge in [-0.15, -0.1) is 11.6 Å². The zero-order valence-electron chi connectivity index (χ0n) is 32.6. The molecule has 1 aromatic rings. The van der Waals surface area contributed by atoms with Gasteiger partial charge in [-0.2, -0.15) is 0 Å². The summed E-state index contributed by atoms with van der Waals surface area (Å²) in [5, 5.41) is 0. The average Bonchev–Trinajstić information content (AvgIpc) is 3.07. The van der Waals surface area contributed by atoms with Gasteiger partial charge >= 0.3 is 0 Å². The lowest BCUT2D eigenvalue weighted by molar-refractivity contribution is 0.0944. The van der Waals surface area contributed by atoms with E-state index in [1.165, 1.54) is 167 Å². The van der Waals surface area contributed by atoms with Gasteiger partial charge in [0.05, 0.1) is 4.87 Å². The van der Waals surface area contributed by atoms with Gasteiger partial charge in [0.25, 0.3) is 0 Å². The van der Waals surface area contributed by atoms with Crippen molar-refractivity contribution in [2.75, 3.05) is 0 Å². The topological polar surface area (TPSA) is 34.1 Å². The Labute approximate surface area is 304 Å². The standard InChI is InChI=1S/C45H79ClO2/c1-5-7-9-11-13-15-17-19-21-23-25-27-29-31-33-38-42(47)40-36-35-37-41(45(3,4)46)44(40)43(48)39-34-32-30-28-26-24-22-20-18-16-14-12-10-8-6-2/h35-37H,5-34,38-39H2,1-4H3. The van der Waals surface area contributed by atoms with E-state index in [0.29, 0.717) is 24.0 Å². The zero-order valence-corrected chi connectivity index (χ0v) is 33.3. The lowest BCUT2D eigenvalue weighted by Crippen LogP contribution is -2.19. The lowest BCUT2D eigenvalue weighted by Gasteiger charge is -2.22. The van der Waals surface area contributed by atoms with Crippen LogP contribution in [0.4, 0.5) is 0 Å². The minimum atomic E-state index is -0.690. The highest BCUT2D eigenvalue weighted by Crippen LogP contribution is 2.34. The van der Waals surface area contributed by atoms with Crippen molar-refractivity contribution in [1.29, 1.82) is 0 Å². The molecule has 0 aliphatic carbocycles. The molecule has 0 saturated carbocycles. The summed E-state index contributed by atoms with van der Waals surface area (Å²) in [6.07, 6.45) is 40.3. The van der Waals surface area contributed by atoms with Crippen molar-refractivity contribution in [2.45, 2.75) is 238 Å². The summed E-state index contributed by atoms with van der Waals surface area (Å²) < 4.78 is 0. The number of hydrogen-bond acceptors (Lipinski definition) is 2. The van der Waals surface area contributed by atoms with Crippen LogP contribution in [0.3, 0.4) is 0 Å². The Morgan fingerprint density at radius 1 is 0.458 bits per heavy atom. The molecule has 278 valence electrons. The molecule has 0 atom stereocenters. The third-order valence-corrected chi connectivity index (χ3v) is 10.5. The van der Waals surface area contributed by atoms with Gasteiger partial charge in [0.1, 0.15) is 0 Å². The molecule has 0 aromatic heterocycles. The summed E-state index contributed by atoms with van der Waals surface area (Å²) in [5.74, 6) is 0.196. The highest BCUT2D eigenvalue weighted by Gasteiger charge is 2.27. The van der Waals surface area contributed by atoms with E-state index >= 15 is 0 Å². The quantitative estimate of drug-likeness (QED) is 0.0404. The lowest BCUT2D eigenvalue weighted by atomic mass is 9.86. The van der Waals surface area contributed by atoms with Crippen molar-refractivity contribution in [2.24, 2.45) is 0 Å². The summed E-state index contributed by atoms with van der Waals surface area (Å²) >= 11 is 6.76. The summed E-state index contributed by atoms with van der Waals surface area (Å²) in [6, 6.07) is 5.71. The van der Waals surface area contributed by atoms with Gasteiger partial charge < -0.3 is 0 Å². The van der Waals surface area contributed by atoms with Crippen LogP contribution < -0.4 is 0 Å². The maximum atomic E-state index is 13.6. The number of rotatable bonds is 35. The van der Waals surface area contributed by atoms with Crippen LogP contribution in [0.15, 0.2) is 18.2 Å². The van der Waals surface area contributed by atoms with Gasteiger partial charge in [0.15, 0.2) is 11.6 Å². The fourth-order valence-corrected chi connectivity index (χ4v) is 7.31. The van der Waals surface area contributed by atoms with E-state index in [0.717, 1.165) is 31.2 Å². The SMILES string of the molecule is CCCCCCCCCCCCCCCCCC(=O)c1cccc(C(C)(C)Cl)c1C(=O)CCCCCCCCCCCCCCCCC. The van der Waals surface area contributed by atoms with Crippen molar-refractivity contribution in [3.05, 3.63) is 34.9 Å². The Hall–Kier alpha value is -1.15. The Morgan fingerprint density at radius 2 is 0.750 bits per heavy atom. The highest BCUT2D eigenvalue weighted by molar-refractivity contribution is 6.24. The normalized spacial score (nSPS) is 11.8. The van der Waals surface area contributed by atoms with Gasteiger partial charge in [0, 0.05) is 24.0 Å². The zero-order chi connectivity index (χ0) is 35.1. The van der Waals surface area contributed by atoms with Crippen molar-refractivity contribution >= 4 is 23.2 Å². The fraction of sp³-hybridized carbons (Fsp3) is 0.822. The van der Waals surface area contributed by atoms with Crippen molar-refractivity contribution in [3.8, 4) is 0 Å². The maximum Gasteiger partial charge on any atom is 0.163 e. The predicted molar refractivity (Wildman–Crippen MR) is 213 cm³/mol. The first kappa shape index (κ1) is 44.9. The van der Waals surface area contributed by atoms with Crippen LogP contribution in [0.2, 0.25) is 0 Å². The van der Waals surface area contributed by atoms with Crippen molar-refractivity contribution in [1.82, 2.24) is 0 Å². The molecule has 0 unspecified atom stereocenters. The minimum absolute atomic E-state index is 0.0915. The molecule has 0 heterocycles. The second kappa shape index (κ2) is 30.7. The van der Waals surface area contributed by atoms with Crippen LogP contribution in [-0.4, -0.2) is 11.6 Å². The molecule has 0 radical (unpaired) electrons. The third kappa shape index (κ3) is 23.3. The second-order valence-corrected chi connectivity index (χ2v) is 16.4. The summed E-state index contributed by atoms with van der Waals surface area (Å²) in [4.78, 5) is 26.3. The number of ketones is 2. The van der Waals surface area contributed by atoms with Crippen molar-refractivity contribution < 1.29 is 9.59 Å². The van der Waals surface area contributed by atoms with Gasteiger partial charge in [-0.25, -0.2) is 0 Å². The summed E-state index contributed by atoms with van der Waals surface area (Å²) in [7, 11) is 0. The number of carbonyl (C=O) groups excluding carboxylic acids is 2. The third-order valence-electron chi connectivity index (χ3n) is 10.3. The van der Waals surface area contributed by atoms with Crippen LogP contribution in [0.5, 0.6) is 0 Å². The Balaban J connectivity index is 2.29. The average molecular weight is 688 g/mol. The molecule has 0 spiro atoms. The number of halogens is 1. The van der Waals surface area contributed by atoms with Crippen LogP contribution in [0.25, 0.3) is 0 Å². The van der Waals surface area contributed by atoms with E-state index < -0.39 is 4.87 Å². The molecule has 0 fully saturated rings. The number of unbranched alkanes of at least 4 members (excludes halogenated alkanes) is 28. The Morgan fingerprint density at radius 3 is 1.06 bits per heavy atom. The molecule has 2 nitrogen and oxygen atoms in total. The minimum Gasteiger partial charge on any atom is -0.294 e. The summed E-state index contributed by atoms with van der Waals surface area (Å²) in [5.41, 5.74) is 1.99. The van der Waals surface area contributed by atoms with E-state index in [4.69, 9.17) is 11.6 Å². The van der Waals surface area contributed by atoms with Gasteiger partial charge in [-0.05, 0) is 32.3 Å². The van der Waals surface area contributed by atoms with Gasteiger partial charge in [0.2, 0.25) is 0 Å². The van der Waals surface area contributed by atoms with Crippen LogP contribution in [0, 0.1) is 0 Å². The largest absolute Gasteiger partial charge is 0.294 e. The number of carbonyl (C=O) groups is 2. The van der Waals surface area contributed by atoms with E-state index in [1.807, 2.05) is 32.0 Å². The smallest absolute Gasteiger partial charge is 0.163 e. The molecule has 0 N–H and O–H groups in total. The Bertz CT molecular complexity index is 914. The molecule has 0 bridgehead atoms. The van der Waals surface area contributed by atoms with Crippen molar-refractivity contribution in [3.63, 3.8) is 0 Å². The van der Waals surface area contributed by atoms with Gasteiger partial charge in [-0.3, -0.25) is 9.59 Å². The van der Waals surface area contributed by atoms with E-state index in [2.05, 4.69) is 13.8 Å². The van der Waals surface area contributed by atoms with Gasteiger partial charge in [-0.1, -0.05) is 212 Å². The molecule has 48 heavy (non-hydrogen) atoms. The number of alkyl halides is 1. The Kier molecular flexibility index (Phi) is 28.7. The first-order chi connectivity index (χ1) is 23.3. The number of benzene rings is 1. The number of hydrogen-bond donors (Lipinski definition) is 0. The molecule has 0 saturated heterocycles. The van der Waals surface area contributed by atoms with E-state index in [9.17, 15) is 9.59 Å². The number of Topliss-reactive ketones (excluding diaryl/α,β-unsaturated/α-hetero) is 2. The maximum absolute atomic E-state index is 13.6. The van der Waals surface area contributed by atoms with Crippen LogP contribution in [-0.2, 0) is 4.87 Å². The molecular formula is C45H79ClO2. The molecule has 0 aliphatic heterocycles. The monoisotopic (exact) mass is 687 g/mol. The highest BCUT2D eigenvalue weighted by atomic mass is 35.5. The molecule has 0 aliphatic rings. The second-order valence-electron chi connectivity index (χ2n) is 15.4. The first-order valence-electron chi connectivity index (χ1n) is 21.2.